The molecule has 0 aromatic carbocycles. The Morgan fingerprint density at radius 1 is 1.62 bits per heavy atom. The average Bonchev–Trinajstić information content (AvgIpc) is 2.12. The smallest absolute Gasteiger partial charge is 0.226 e. The van der Waals surface area contributed by atoms with E-state index in [-0.39, 0.29) is 13.4 Å². The van der Waals surface area contributed by atoms with Crippen molar-refractivity contribution in [3.63, 3.8) is 0 Å². The zero-order chi connectivity index (χ0) is 9.68. The van der Waals surface area contributed by atoms with E-state index in [0.717, 1.165) is 6.26 Å². The van der Waals surface area contributed by atoms with Gasteiger partial charge in [0.05, 0.1) is 0 Å². The first-order valence-electron chi connectivity index (χ1n) is 3.61. The maximum absolute atomic E-state index is 10.9. The lowest BCUT2D eigenvalue weighted by Gasteiger charge is -2.01. The molecule has 0 spiro atoms. The van der Waals surface area contributed by atoms with Gasteiger partial charge in [-0.1, -0.05) is 0 Å². The Morgan fingerprint density at radius 2 is 2.38 bits per heavy atom. The van der Waals surface area contributed by atoms with Gasteiger partial charge in [0.25, 0.3) is 0 Å². The van der Waals surface area contributed by atoms with E-state index in [1.54, 1.807) is 0 Å². The van der Waals surface area contributed by atoms with Gasteiger partial charge in [0, 0.05) is 13.2 Å². The van der Waals surface area contributed by atoms with Crippen molar-refractivity contribution in [2.45, 2.75) is 6.61 Å². The standard InChI is InChI=1S/C8H10O5/c1-11-5-12-3-6-2-7(9)8(10)4-13-6/h2,4,10H,3,5H2,1H3. The Labute approximate surface area is 74.5 Å². The Balaban J connectivity index is 2.58. The van der Waals surface area contributed by atoms with Gasteiger partial charge in [0.15, 0.2) is 5.75 Å². The van der Waals surface area contributed by atoms with Gasteiger partial charge in [0.1, 0.15) is 25.4 Å². The van der Waals surface area contributed by atoms with Crippen LogP contribution < -0.4 is 5.43 Å². The molecule has 0 aliphatic carbocycles. The first kappa shape index (κ1) is 9.76. The average molecular weight is 186 g/mol. The van der Waals surface area contributed by atoms with Gasteiger partial charge >= 0.3 is 0 Å². The van der Waals surface area contributed by atoms with Crippen LogP contribution >= 0.6 is 0 Å². The van der Waals surface area contributed by atoms with Gasteiger partial charge in [-0.2, -0.15) is 0 Å². The summed E-state index contributed by atoms with van der Waals surface area (Å²) >= 11 is 0. The molecule has 1 aromatic rings. The third kappa shape index (κ3) is 2.89. The van der Waals surface area contributed by atoms with Gasteiger partial charge in [-0.05, 0) is 0 Å². The topological polar surface area (TPSA) is 68.9 Å². The van der Waals surface area contributed by atoms with Crippen molar-refractivity contribution < 1.29 is 19.0 Å². The largest absolute Gasteiger partial charge is 0.502 e. The van der Waals surface area contributed by atoms with Crippen molar-refractivity contribution in [1.82, 2.24) is 0 Å². The second kappa shape index (κ2) is 4.64. The minimum atomic E-state index is -0.484. The van der Waals surface area contributed by atoms with Crippen molar-refractivity contribution in [2.24, 2.45) is 0 Å². The highest BCUT2D eigenvalue weighted by atomic mass is 16.7. The van der Waals surface area contributed by atoms with Gasteiger partial charge in [-0.25, -0.2) is 0 Å². The molecule has 0 unspecified atom stereocenters. The number of hydrogen-bond acceptors (Lipinski definition) is 5. The summed E-state index contributed by atoms with van der Waals surface area (Å²) in [6.45, 7) is 0.272. The zero-order valence-corrected chi connectivity index (χ0v) is 7.15. The van der Waals surface area contributed by atoms with Crippen molar-refractivity contribution in [2.75, 3.05) is 13.9 Å². The molecule has 0 bridgehead atoms. The van der Waals surface area contributed by atoms with Crippen LogP contribution in [-0.2, 0) is 16.1 Å². The molecule has 0 fully saturated rings. The summed E-state index contributed by atoms with van der Waals surface area (Å²) in [5, 5.41) is 8.84. The van der Waals surface area contributed by atoms with Crippen LogP contribution in [0.2, 0.25) is 0 Å². The Morgan fingerprint density at radius 3 is 3.00 bits per heavy atom. The van der Waals surface area contributed by atoms with Gasteiger partial charge < -0.3 is 19.0 Å². The molecule has 0 saturated carbocycles. The van der Waals surface area contributed by atoms with Gasteiger partial charge in [-0.15, -0.1) is 0 Å². The van der Waals surface area contributed by atoms with E-state index in [1.165, 1.54) is 13.2 Å². The summed E-state index contributed by atoms with van der Waals surface area (Å²) in [6.07, 6.45) is 0.980. The molecule has 0 radical (unpaired) electrons. The lowest BCUT2D eigenvalue weighted by Crippen LogP contribution is -2.02. The molecule has 0 atom stereocenters. The van der Waals surface area contributed by atoms with Gasteiger partial charge in [-0.3, -0.25) is 4.79 Å². The monoisotopic (exact) mass is 186 g/mol. The third-order valence-electron chi connectivity index (χ3n) is 1.31. The van der Waals surface area contributed by atoms with Crippen LogP contribution in [0.25, 0.3) is 0 Å². The lowest BCUT2D eigenvalue weighted by molar-refractivity contribution is -0.0444. The zero-order valence-electron chi connectivity index (χ0n) is 7.15. The molecule has 5 heteroatoms. The number of hydrogen-bond donors (Lipinski definition) is 1. The first-order valence-corrected chi connectivity index (χ1v) is 3.61. The molecule has 0 saturated heterocycles. The quantitative estimate of drug-likeness (QED) is 0.546. The van der Waals surface area contributed by atoms with E-state index in [0.29, 0.717) is 5.76 Å². The molecule has 5 nitrogen and oxygen atoms in total. The lowest BCUT2D eigenvalue weighted by atomic mass is 10.4. The van der Waals surface area contributed by atoms with Crippen LogP contribution in [0, 0.1) is 0 Å². The number of rotatable bonds is 4. The van der Waals surface area contributed by atoms with Crippen molar-refractivity contribution in [3.8, 4) is 5.75 Å². The minimum absolute atomic E-state index is 0.130. The molecular weight excluding hydrogens is 176 g/mol. The normalized spacial score (nSPS) is 10.2. The fourth-order valence-corrected chi connectivity index (χ4v) is 0.745. The molecule has 1 N–H and O–H groups in total. The molecule has 0 aliphatic heterocycles. The minimum Gasteiger partial charge on any atom is -0.502 e. The van der Waals surface area contributed by atoms with Crippen LogP contribution in [0.15, 0.2) is 21.5 Å². The maximum Gasteiger partial charge on any atom is 0.226 e. The first-order chi connectivity index (χ1) is 6.24. The van der Waals surface area contributed by atoms with E-state index in [1.807, 2.05) is 0 Å². The second-order valence-electron chi connectivity index (χ2n) is 2.35. The highest BCUT2D eigenvalue weighted by Crippen LogP contribution is 2.04. The van der Waals surface area contributed by atoms with E-state index >= 15 is 0 Å². The summed E-state index contributed by atoms with van der Waals surface area (Å²) in [6, 6.07) is 1.17. The molecule has 0 amide bonds. The molecule has 0 aliphatic rings. The molecule has 13 heavy (non-hydrogen) atoms. The molecule has 1 aromatic heterocycles. The van der Waals surface area contributed by atoms with E-state index in [2.05, 4.69) is 4.74 Å². The van der Waals surface area contributed by atoms with Crippen LogP contribution in [-0.4, -0.2) is 19.0 Å². The van der Waals surface area contributed by atoms with E-state index < -0.39 is 11.2 Å². The van der Waals surface area contributed by atoms with Crippen molar-refractivity contribution in [1.29, 1.82) is 0 Å². The number of aromatic hydroxyl groups is 1. The summed E-state index contributed by atoms with van der Waals surface area (Å²) in [5.74, 6) is -0.0599. The van der Waals surface area contributed by atoms with E-state index in [9.17, 15) is 4.79 Å². The fraction of sp³-hybridized carbons (Fsp3) is 0.375. The molecular formula is C8H10O5. The van der Waals surface area contributed by atoms with Crippen molar-refractivity contribution in [3.05, 3.63) is 28.3 Å². The predicted octanol–water partition coefficient (Wildman–Crippen LogP) is 0.466. The van der Waals surface area contributed by atoms with Crippen LogP contribution in [0.4, 0.5) is 0 Å². The predicted molar refractivity (Wildman–Crippen MR) is 43.3 cm³/mol. The Kier molecular flexibility index (Phi) is 3.48. The third-order valence-corrected chi connectivity index (χ3v) is 1.31. The molecule has 72 valence electrons. The summed E-state index contributed by atoms with van der Waals surface area (Å²) in [7, 11) is 1.49. The summed E-state index contributed by atoms with van der Waals surface area (Å²) in [5.41, 5.74) is -0.484. The molecule has 1 rings (SSSR count). The van der Waals surface area contributed by atoms with Gasteiger partial charge in [0.2, 0.25) is 5.43 Å². The van der Waals surface area contributed by atoms with Crippen LogP contribution in [0.1, 0.15) is 5.76 Å². The number of ether oxygens (including phenoxy) is 2. The SMILES string of the molecule is COCOCc1cc(=O)c(O)co1. The second-order valence-corrected chi connectivity index (χ2v) is 2.35. The summed E-state index contributed by atoms with van der Waals surface area (Å²) < 4.78 is 14.4. The number of methoxy groups -OCH3 is 1. The summed E-state index contributed by atoms with van der Waals surface area (Å²) in [4.78, 5) is 10.9. The van der Waals surface area contributed by atoms with Crippen molar-refractivity contribution >= 4 is 0 Å². The maximum atomic E-state index is 10.9. The highest BCUT2D eigenvalue weighted by molar-refractivity contribution is 5.14. The van der Waals surface area contributed by atoms with Crippen LogP contribution in [0.3, 0.4) is 0 Å². The van der Waals surface area contributed by atoms with Crippen LogP contribution in [0.5, 0.6) is 5.75 Å². The Bertz CT molecular complexity index is 317. The fourth-order valence-electron chi connectivity index (χ4n) is 0.745. The Hall–Kier alpha value is -1.33. The molecule has 1 heterocycles. The van der Waals surface area contributed by atoms with E-state index in [4.69, 9.17) is 14.3 Å². The highest BCUT2D eigenvalue weighted by Gasteiger charge is 2.00.